The van der Waals surface area contributed by atoms with Crippen LogP contribution in [0.1, 0.15) is 37.0 Å². The number of aryl methyl sites for hydroxylation is 2. The minimum absolute atomic E-state index is 0.435. The molecule has 0 aromatic heterocycles. The van der Waals surface area contributed by atoms with Crippen molar-refractivity contribution in [2.75, 3.05) is 18.5 Å². The normalized spacial score (nSPS) is 22.4. The van der Waals surface area contributed by atoms with Crippen molar-refractivity contribution in [2.45, 2.75) is 44.7 Å². The van der Waals surface area contributed by atoms with Gasteiger partial charge < -0.3 is 20.1 Å². The first-order valence-electron chi connectivity index (χ1n) is 10.9. The highest BCUT2D eigenvalue weighted by atomic mass is 16.6. The molecule has 2 unspecified atom stereocenters. The molecule has 2 heterocycles. The molecule has 1 saturated heterocycles. The highest BCUT2D eigenvalue weighted by Crippen LogP contribution is 2.35. The summed E-state index contributed by atoms with van der Waals surface area (Å²) in [6.07, 6.45) is 3.11. The van der Waals surface area contributed by atoms with Crippen LogP contribution in [0.5, 0.6) is 11.5 Å². The number of nitrogens with zero attached hydrogens (tertiary/aromatic N) is 1. The summed E-state index contributed by atoms with van der Waals surface area (Å²) in [5.41, 5.74) is 2.53. The molecule has 8 heteroatoms. The first kappa shape index (κ1) is 20.4. The summed E-state index contributed by atoms with van der Waals surface area (Å²) in [5.74, 6) is 0.246. The summed E-state index contributed by atoms with van der Waals surface area (Å²) in [5, 5.41) is 5.56. The minimum atomic E-state index is -1.21. The molecule has 0 saturated carbocycles. The van der Waals surface area contributed by atoms with Gasteiger partial charge in [0.2, 0.25) is 5.91 Å². The molecular formula is C24H25N3O5. The Morgan fingerprint density at radius 1 is 1.06 bits per heavy atom. The number of fused-ring (bicyclic) bond motifs is 2. The largest absolute Gasteiger partial charge is 0.486 e. The number of urea groups is 1. The quantitative estimate of drug-likeness (QED) is 0.720. The number of hydrogen-bond donors (Lipinski definition) is 2. The van der Waals surface area contributed by atoms with E-state index in [9.17, 15) is 14.4 Å². The van der Waals surface area contributed by atoms with Gasteiger partial charge in [0.05, 0.1) is 0 Å². The Morgan fingerprint density at radius 3 is 2.62 bits per heavy atom. The third kappa shape index (κ3) is 3.26. The van der Waals surface area contributed by atoms with Gasteiger partial charge in [0.1, 0.15) is 24.8 Å². The number of imide groups is 1. The second kappa shape index (κ2) is 7.55. The average Bonchev–Trinajstić information content (AvgIpc) is 3.35. The first-order chi connectivity index (χ1) is 15.4. The van der Waals surface area contributed by atoms with E-state index in [0.29, 0.717) is 30.4 Å². The van der Waals surface area contributed by atoms with Crippen molar-refractivity contribution in [3.63, 3.8) is 0 Å². The van der Waals surface area contributed by atoms with E-state index in [1.165, 1.54) is 11.1 Å². The summed E-state index contributed by atoms with van der Waals surface area (Å²) >= 11 is 0. The van der Waals surface area contributed by atoms with Crippen LogP contribution in [0.25, 0.3) is 0 Å². The molecule has 1 fully saturated rings. The van der Waals surface area contributed by atoms with Gasteiger partial charge in [-0.15, -0.1) is 0 Å². The zero-order chi connectivity index (χ0) is 22.5. The zero-order valence-electron chi connectivity index (χ0n) is 18.1. The molecule has 2 aromatic carbocycles. The number of rotatable bonds is 4. The first-order valence-corrected chi connectivity index (χ1v) is 10.9. The SMILES string of the molecule is CC(C(=O)Nc1ccc2c(c1)OCCO2)N1C(=O)NC(C)(c2ccc3c(c2)CCC3)C1=O. The second-order valence-corrected chi connectivity index (χ2v) is 8.59. The molecule has 1 aliphatic carbocycles. The molecular weight excluding hydrogens is 410 g/mol. The molecule has 5 rings (SSSR count). The number of ether oxygens (including phenoxy) is 2. The lowest BCUT2D eigenvalue weighted by Crippen LogP contribution is -2.47. The van der Waals surface area contributed by atoms with Crippen molar-refractivity contribution in [1.82, 2.24) is 10.2 Å². The lowest BCUT2D eigenvalue weighted by molar-refractivity contribution is -0.136. The molecule has 8 nitrogen and oxygen atoms in total. The van der Waals surface area contributed by atoms with Crippen LogP contribution in [0.2, 0.25) is 0 Å². The number of nitrogens with one attached hydrogen (secondary N) is 2. The van der Waals surface area contributed by atoms with Crippen molar-refractivity contribution in [3.8, 4) is 11.5 Å². The van der Waals surface area contributed by atoms with E-state index in [2.05, 4.69) is 10.6 Å². The number of carbonyl (C=O) groups excluding carboxylic acids is 3. The average molecular weight is 435 g/mol. The fourth-order valence-electron chi connectivity index (χ4n) is 4.58. The molecule has 0 spiro atoms. The topological polar surface area (TPSA) is 97.0 Å². The van der Waals surface area contributed by atoms with Crippen LogP contribution in [0.3, 0.4) is 0 Å². The number of benzene rings is 2. The standard InChI is InChI=1S/C24H25N3O5/c1-14(21(28)25-18-8-9-19-20(13-18)32-11-10-31-19)27-22(29)24(2,26-23(27)30)17-7-6-15-4-3-5-16(15)12-17/h6-9,12-14H,3-5,10-11H2,1-2H3,(H,25,28)(H,26,30). The van der Waals surface area contributed by atoms with Crippen molar-refractivity contribution in [3.05, 3.63) is 53.1 Å². The Kier molecular flexibility index (Phi) is 4.80. The van der Waals surface area contributed by atoms with Gasteiger partial charge in [-0.3, -0.25) is 9.59 Å². The van der Waals surface area contributed by atoms with Gasteiger partial charge in [0.25, 0.3) is 5.91 Å². The van der Waals surface area contributed by atoms with Gasteiger partial charge in [0.15, 0.2) is 11.5 Å². The molecule has 4 amide bonds. The highest BCUT2D eigenvalue weighted by molar-refractivity contribution is 6.11. The number of hydrogen-bond acceptors (Lipinski definition) is 5. The van der Waals surface area contributed by atoms with Crippen molar-refractivity contribution < 1.29 is 23.9 Å². The Morgan fingerprint density at radius 2 is 1.81 bits per heavy atom. The summed E-state index contributed by atoms with van der Waals surface area (Å²) in [6, 6.07) is 9.43. The maximum atomic E-state index is 13.4. The molecule has 2 aromatic rings. The lowest BCUT2D eigenvalue weighted by Gasteiger charge is -2.25. The fraction of sp³-hybridized carbons (Fsp3) is 0.375. The minimum Gasteiger partial charge on any atom is -0.486 e. The summed E-state index contributed by atoms with van der Waals surface area (Å²) in [6.45, 7) is 4.14. The van der Waals surface area contributed by atoms with Crippen LogP contribution in [0, 0.1) is 0 Å². The van der Waals surface area contributed by atoms with E-state index >= 15 is 0 Å². The van der Waals surface area contributed by atoms with Gasteiger partial charge in [-0.1, -0.05) is 18.2 Å². The molecule has 3 aliphatic rings. The van der Waals surface area contributed by atoms with Gasteiger partial charge in [-0.2, -0.15) is 0 Å². The molecule has 0 radical (unpaired) electrons. The zero-order valence-corrected chi connectivity index (χ0v) is 18.1. The number of carbonyl (C=O) groups is 3. The van der Waals surface area contributed by atoms with E-state index in [-0.39, 0.29) is 0 Å². The van der Waals surface area contributed by atoms with Crippen LogP contribution in [-0.2, 0) is 28.0 Å². The van der Waals surface area contributed by atoms with Gasteiger partial charge in [0, 0.05) is 11.8 Å². The Labute approximate surface area is 185 Å². The second-order valence-electron chi connectivity index (χ2n) is 8.59. The van der Waals surface area contributed by atoms with E-state index in [1.54, 1.807) is 32.0 Å². The van der Waals surface area contributed by atoms with Crippen molar-refractivity contribution >= 4 is 23.5 Å². The van der Waals surface area contributed by atoms with Crippen LogP contribution in [0.15, 0.2) is 36.4 Å². The predicted molar refractivity (Wildman–Crippen MR) is 117 cm³/mol. The van der Waals surface area contributed by atoms with Crippen molar-refractivity contribution in [2.24, 2.45) is 0 Å². The molecule has 2 aliphatic heterocycles. The van der Waals surface area contributed by atoms with Gasteiger partial charge in [-0.05, 0) is 61.9 Å². The maximum absolute atomic E-state index is 13.4. The Hall–Kier alpha value is -3.55. The maximum Gasteiger partial charge on any atom is 0.326 e. The molecule has 2 N–H and O–H groups in total. The van der Waals surface area contributed by atoms with E-state index in [4.69, 9.17) is 9.47 Å². The smallest absolute Gasteiger partial charge is 0.326 e. The lowest BCUT2D eigenvalue weighted by atomic mass is 9.89. The van der Waals surface area contributed by atoms with Gasteiger partial charge in [-0.25, -0.2) is 9.69 Å². The van der Waals surface area contributed by atoms with Crippen LogP contribution in [0.4, 0.5) is 10.5 Å². The number of amides is 4. The Bertz CT molecular complexity index is 1130. The molecule has 0 bridgehead atoms. The summed E-state index contributed by atoms with van der Waals surface area (Å²) < 4.78 is 11.0. The summed E-state index contributed by atoms with van der Waals surface area (Å²) in [7, 11) is 0. The van der Waals surface area contributed by atoms with E-state index in [1.807, 2.05) is 18.2 Å². The highest BCUT2D eigenvalue weighted by Gasteiger charge is 2.52. The van der Waals surface area contributed by atoms with Crippen LogP contribution in [-0.4, -0.2) is 42.0 Å². The van der Waals surface area contributed by atoms with Gasteiger partial charge >= 0.3 is 6.03 Å². The van der Waals surface area contributed by atoms with Crippen LogP contribution >= 0.6 is 0 Å². The Balaban J connectivity index is 1.34. The van der Waals surface area contributed by atoms with Crippen LogP contribution < -0.4 is 20.1 Å². The molecule has 166 valence electrons. The van der Waals surface area contributed by atoms with E-state index < -0.39 is 29.4 Å². The predicted octanol–water partition coefficient (Wildman–Crippen LogP) is 2.74. The third-order valence-electron chi connectivity index (χ3n) is 6.47. The third-order valence-corrected chi connectivity index (χ3v) is 6.47. The molecule has 2 atom stereocenters. The molecule has 32 heavy (non-hydrogen) atoms. The fourth-order valence-corrected chi connectivity index (χ4v) is 4.58. The number of anilines is 1. The van der Waals surface area contributed by atoms with E-state index in [0.717, 1.165) is 29.7 Å². The summed E-state index contributed by atoms with van der Waals surface area (Å²) in [4.78, 5) is 40.0. The monoisotopic (exact) mass is 435 g/mol. The van der Waals surface area contributed by atoms with Crippen molar-refractivity contribution in [1.29, 1.82) is 0 Å².